The second kappa shape index (κ2) is 9.32. The average Bonchev–Trinajstić information content (AvgIpc) is 2.36. The van der Waals surface area contributed by atoms with Gasteiger partial charge in [0.25, 0.3) is 0 Å². The Balaban J connectivity index is 4.04. The second-order valence-electron chi connectivity index (χ2n) is 5.89. The summed E-state index contributed by atoms with van der Waals surface area (Å²) in [6, 6.07) is 0. The van der Waals surface area contributed by atoms with E-state index in [4.69, 9.17) is 4.74 Å². The van der Waals surface area contributed by atoms with E-state index in [0.717, 1.165) is 31.8 Å². The highest BCUT2D eigenvalue weighted by molar-refractivity contribution is 5.80. The molecule has 114 valence electrons. The number of carbonyl (C=O) groups is 1. The molecule has 0 amide bonds. The van der Waals surface area contributed by atoms with Crippen molar-refractivity contribution in [2.75, 3.05) is 33.8 Å². The minimum atomic E-state index is -0.561. The molecule has 0 spiro atoms. The zero-order valence-electron chi connectivity index (χ0n) is 13.6. The van der Waals surface area contributed by atoms with Crippen molar-refractivity contribution in [1.29, 1.82) is 0 Å². The molecule has 0 rings (SSSR count). The predicted octanol–water partition coefficient (Wildman–Crippen LogP) is 2.29. The minimum absolute atomic E-state index is 0.151. The Morgan fingerprint density at radius 2 is 2.00 bits per heavy atom. The Labute approximate surface area is 118 Å². The molecule has 0 heterocycles. The smallest absolute Gasteiger partial charge is 0.326 e. The fraction of sp³-hybridized carbons (Fsp3) is 0.933. The van der Waals surface area contributed by atoms with Crippen molar-refractivity contribution in [1.82, 2.24) is 10.2 Å². The number of ether oxygens (including phenoxy) is 1. The molecule has 1 unspecified atom stereocenters. The van der Waals surface area contributed by atoms with Crippen LogP contribution < -0.4 is 5.32 Å². The third-order valence-electron chi connectivity index (χ3n) is 3.58. The van der Waals surface area contributed by atoms with Gasteiger partial charge < -0.3 is 15.0 Å². The maximum atomic E-state index is 11.9. The molecule has 0 aromatic carbocycles. The Morgan fingerprint density at radius 1 is 1.37 bits per heavy atom. The summed E-state index contributed by atoms with van der Waals surface area (Å²) in [5, 5.41) is 3.09. The Kier molecular flexibility index (Phi) is 9.02. The van der Waals surface area contributed by atoms with Gasteiger partial charge in [0.15, 0.2) is 0 Å². The molecule has 19 heavy (non-hydrogen) atoms. The molecule has 0 saturated heterocycles. The van der Waals surface area contributed by atoms with Crippen molar-refractivity contribution in [3.63, 3.8) is 0 Å². The minimum Gasteiger partial charge on any atom is -0.465 e. The Bertz CT molecular complexity index is 257. The third kappa shape index (κ3) is 7.53. The van der Waals surface area contributed by atoms with Crippen LogP contribution in [0.5, 0.6) is 0 Å². The second-order valence-corrected chi connectivity index (χ2v) is 5.89. The number of hydrogen-bond donors (Lipinski definition) is 1. The molecule has 0 aromatic rings. The van der Waals surface area contributed by atoms with Gasteiger partial charge in [-0.25, -0.2) is 0 Å². The number of nitrogens with zero attached hydrogens (tertiary/aromatic N) is 1. The van der Waals surface area contributed by atoms with Gasteiger partial charge in [-0.15, -0.1) is 0 Å². The van der Waals surface area contributed by atoms with Crippen LogP contribution in [0, 0.1) is 5.92 Å². The molecule has 1 N–H and O–H groups in total. The molecule has 0 aliphatic carbocycles. The summed E-state index contributed by atoms with van der Waals surface area (Å²) in [6.45, 7) is 10.8. The number of esters is 1. The van der Waals surface area contributed by atoms with Crippen molar-refractivity contribution in [2.24, 2.45) is 5.92 Å². The maximum Gasteiger partial charge on any atom is 0.326 e. The molecule has 0 fully saturated rings. The standard InChI is InChI=1S/C15H32N2O2/c1-7-19-14(18)15(4,16-5)10-8-11-17(6)12-9-13(2)3/h13,16H,7-12H2,1-6H3. The highest BCUT2D eigenvalue weighted by Crippen LogP contribution is 2.14. The lowest BCUT2D eigenvalue weighted by atomic mass is 9.96. The normalized spacial score (nSPS) is 14.7. The van der Waals surface area contributed by atoms with E-state index >= 15 is 0 Å². The summed E-state index contributed by atoms with van der Waals surface area (Å²) in [6.07, 6.45) is 3.01. The summed E-state index contributed by atoms with van der Waals surface area (Å²) in [4.78, 5) is 14.2. The van der Waals surface area contributed by atoms with Crippen LogP contribution in [-0.4, -0.2) is 50.2 Å². The van der Waals surface area contributed by atoms with E-state index in [1.165, 1.54) is 6.42 Å². The molecular weight excluding hydrogens is 240 g/mol. The van der Waals surface area contributed by atoms with Crippen molar-refractivity contribution >= 4 is 5.97 Å². The summed E-state index contributed by atoms with van der Waals surface area (Å²) in [5.74, 6) is 0.590. The molecule has 4 nitrogen and oxygen atoms in total. The molecule has 0 aromatic heterocycles. The number of nitrogens with one attached hydrogen (secondary N) is 1. The number of rotatable bonds is 10. The van der Waals surface area contributed by atoms with E-state index < -0.39 is 5.54 Å². The van der Waals surface area contributed by atoms with E-state index in [1.807, 2.05) is 20.9 Å². The Hall–Kier alpha value is -0.610. The van der Waals surface area contributed by atoms with E-state index in [-0.39, 0.29) is 5.97 Å². The number of likely N-dealkylation sites (N-methyl/N-ethyl adjacent to an activating group) is 1. The van der Waals surface area contributed by atoms with Crippen LogP contribution in [0.25, 0.3) is 0 Å². The fourth-order valence-corrected chi connectivity index (χ4v) is 1.91. The van der Waals surface area contributed by atoms with Crippen molar-refractivity contribution in [2.45, 2.75) is 52.5 Å². The average molecular weight is 272 g/mol. The van der Waals surface area contributed by atoms with Crippen molar-refractivity contribution in [3.05, 3.63) is 0 Å². The topological polar surface area (TPSA) is 41.6 Å². The number of hydrogen-bond acceptors (Lipinski definition) is 4. The van der Waals surface area contributed by atoms with Crippen LogP contribution in [-0.2, 0) is 9.53 Å². The van der Waals surface area contributed by atoms with Gasteiger partial charge >= 0.3 is 5.97 Å². The van der Waals surface area contributed by atoms with E-state index in [9.17, 15) is 4.79 Å². The molecule has 0 aliphatic heterocycles. The van der Waals surface area contributed by atoms with Crippen LogP contribution in [0.1, 0.15) is 47.0 Å². The van der Waals surface area contributed by atoms with Gasteiger partial charge in [-0.2, -0.15) is 0 Å². The summed E-state index contributed by atoms with van der Waals surface area (Å²) in [5.41, 5.74) is -0.561. The predicted molar refractivity (Wildman–Crippen MR) is 80.3 cm³/mol. The first kappa shape index (κ1) is 18.4. The van der Waals surface area contributed by atoms with Crippen LogP contribution in [0.3, 0.4) is 0 Å². The monoisotopic (exact) mass is 272 g/mol. The van der Waals surface area contributed by atoms with Crippen LogP contribution >= 0.6 is 0 Å². The largest absolute Gasteiger partial charge is 0.465 e. The fourth-order valence-electron chi connectivity index (χ4n) is 1.91. The van der Waals surface area contributed by atoms with Crippen LogP contribution in [0.15, 0.2) is 0 Å². The molecule has 0 radical (unpaired) electrons. The maximum absolute atomic E-state index is 11.9. The highest BCUT2D eigenvalue weighted by Gasteiger charge is 2.32. The quantitative estimate of drug-likeness (QED) is 0.620. The lowest BCUT2D eigenvalue weighted by molar-refractivity contribution is -0.150. The highest BCUT2D eigenvalue weighted by atomic mass is 16.5. The molecule has 1 atom stereocenters. The lowest BCUT2D eigenvalue weighted by Crippen LogP contribution is -2.49. The summed E-state index contributed by atoms with van der Waals surface area (Å²) >= 11 is 0. The summed E-state index contributed by atoms with van der Waals surface area (Å²) in [7, 11) is 3.96. The number of carbonyl (C=O) groups excluding carboxylic acids is 1. The van der Waals surface area contributed by atoms with Crippen LogP contribution in [0.2, 0.25) is 0 Å². The first-order chi connectivity index (χ1) is 8.85. The molecule has 4 heteroatoms. The van der Waals surface area contributed by atoms with Crippen molar-refractivity contribution in [3.8, 4) is 0 Å². The van der Waals surface area contributed by atoms with E-state index in [2.05, 4.69) is 31.1 Å². The third-order valence-corrected chi connectivity index (χ3v) is 3.58. The van der Waals surface area contributed by atoms with Gasteiger partial charge in [-0.05, 0) is 66.2 Å². The molecular formula is C15H32N2O2. The van der Waals surface area contributed by atoms with Gasteiger partial charge in [0.2, 0.25) is 0 Å². The van der Waals surface area contributed by atoms with E-state index in [0.29, 0.717) is 6.61 Å². The SMILES string of the molecule is CCOC(=O)C(C)(CCCN(C)CCC(C)C)NC. The van der Waals surface area contributed by atoms with Gasteiger partial charge in [0.1, 0.15) is 5.54 Å². The zero-order chi connectivity index (χ0) is 14.9. The first-order valence-corrected chi connectivity index (χ1v) is 7.40. The van der Waals surface area contributed by atoms with E-state index in [1.54, 1.807) is 0 Å². The molecule has 0 aliphatic rings. The molecule has 0 bridgehead atoms. The van der Waals surface area contributed by atoms with Gasteiger partial charge in [-0.1, -0.05) is 13.8 Å². The van der Waals surface area contributed by atoms with Gasteiger partial charge in [0.05, 0.1) is 6.61 Å². The van der Waals surface area contributed by atoms with Crippen molar-refractivity contribution < 1.29 is 9.53 Å². The zero-order valence-corrected chi connectivity index (χ0v) is 13.6. The summed E-state index contributed by atoms with van der Waals surface area (Å²) < 4.78 is 5.12. The van der Waals surface area contributed by atoms with Gasteiger partial charge in [-0.3, -0.25) is 4.79 Å². The lowest BCUT2D eigenvalue weighted by Gasteiger charge is -2.27. The Morgan fingerprint density at radius 3 is 2.47 bits per heavy atom. The van der Waals surface area contributed by atoms with Crippen LogP contribution in [0.4, 0.5) is 0 Å². The first-order valence-electron chi connectivity index (χ1n) is 7.40. The van der Waals surface area contributed by atoms with Gasteiger partial charge in [0, 0.05) is 0 Å². The molecule has 0 saturated carbocycles.